The second-order valence-corrected chi connectivity index (χ2v) is 6.98. The summed E-state index contributed by atoms with van der Waals surface area (Å²) in [6, 6.07) is 7.84. The lowest BCUT2D eigenvalue weighted by Crippen LogP contribution is -2.41. The van der Waals surface area contributed by atoms with Gasteiger partial charge < -0.3 is 15.4 Å². The smallest absolute Gasteiger partial charge is 0.191 e. The van der Waals surface area contributed by atoms with Crippen molar-refractivity contribution in [3.05, 3.63) is 29.8 Å². The summed E-state index contributed by atoms with van der Waals surface area (Å²) in [5, 5.41) is 5.99. The molecular weight excluding hydrogens is 290 g/mol. The van der Waals surface area contributed by atoms with Crippen LogP contribution in [0.5, 0.6) is 5.75 Å². The van der Waals surface area contributed by atoms with E-state index in [2.05, 4.69) is 15.6 Å². The van der Waals surface area contributed by atoms with Crippen LogP contribution in [-0.2, 0) is 9.84 Å². The molecule has 1 aromatic rings. The number of rotatable bonds is 7. The molecule has 0 aliphatic carbocycles. The predicted molar refractivity (Wildman–Crippen MR) is 85.7 cm³/mol. The third kappa shape index (κ3) is 8.19. The monoisotopic (exact) mass is 313 g/mol. The lowest BCUT2D eigenvalue weighted by atomic mass is 10.2. The van der Waals surface area contributed by atoms with E-state index in [0.717, 1.165) is 5.75 Å². The van der Waals surface area contributed by atoms with E-state index < -0.39 is 9.84 Å². The highest BCUT2D eigenvalue weighted by Crippen LogP contribution is 2.10. The molecule has 118 valence electrons. The maximum absolute atomic E-state index is 11.0. The Morgan fingerprint density at radius 1 is 1.19 bits per heavy atom. The Morgan fingerprint density at radius 2 is 1.81 bits per heavy atom. The second kappa shape index (κ2) is 8.51. The minimum absolute atomic E-state index is 0.0770. The highest BCUT2D eigenvalue weighted by Gasteiger charge is 2.03. The van der Waals surface area contributed by atoms with Gasteiger partial charge in [0.25, 0.3) is 0 Å². The quantitative estimate of drug-likeness (QED) is 0.437. The van der Waals surface area contributed by atoms with Crippen LogP contribution in [0.4, 0.5) is 0 Å². The van der Waals surface area contributed by atoms with Gasteiger partial charge in [-0.3, -0.25) is 4.99 Å². The van der Waals surface area contributed by atoms with E-state index in [1.165, 1.54) is 11.8 Å². The number of aliphatic imine (C=N–C) groups is 1. The normalized spacial score (nSPS) is 12.0. The number of benzene rings is 1. The molecule has 0 spiro atoms. The van der Waals surface area contributed by atoms with Crippen molar-refractivity contribution in [3.8, 4) is 5.75 Å². The average Bonchev–Trinajstić information content (AvgIpc) is 2.42. The van der Waals surface area contributed by atoms with Crippen molar-refractivity contribution < 1.29 is 13.2 Å². The highest BCUT2D eigenvalue weighted by atomic mass is 32.2. The Kier molecular flexibility index (Phi) is 7.01. The van der Waals surface area contributed by atoms with Crippen LogP contribution in [0, 0.1) is 6.92 Å². The van der Waals surface area contributed by atoms with E-state index >= 15 is 0 Å². The zero-order valence-electron chi connectivity index (χ0n) is 12.7. The number of nitrogens with one attached hydrogen (secondary N) is 2. The van der Waals surface area contributed by atoms with Crippen molar-refractivity contribution in [1.29, 1.82) is 0 Å². The van der Waals surface area contributed by atoms with Crippen molar-refractivity contribution in [1.82, 2.24) is 10.6 Å². The number of sulfone groups is 1. The SMILES string of the molecule is CN=C(NCCOc1ccc(C)cc1)NCCS(C)(=O)=O. The van der Waals surface area contributed by atoms with Gasteiger partial charge in [-0.25, -0.2) is 8.42 Å². The number of guanidine groups is 1. The Morgan fingerprint density at radius 3 is 2.38 bits per heavy atom. The molecule has 0 aliphatic rings. The molecule has 0 radical (unpaired) electrons. The molecule has 1 aromatic carbocycles. The largest absolute Gasteiger partial charge is 0.492 e. The number of hydrogen-bond acceptors (Lipinski definition) is 4. The van der Waals surface area contributed by atoms with Gasteiger partial charge in [0.15, 0.2) is 5.96 Å². The minimum atomic E-state index is -2.96. The van der Waals surface area contributed by atoms with Crippen molar-refractivity contribution >= 4 is 15.8 Å². The third-order valence-electron chi connectivity index (χ3n) is 2.67. The first-order chi connectivity index (χ1) is 9.90. The molecule has 0 heterocycles. The fourth-order valence-electron chi connectivity index (χ4n) is 1.55. The summed E-state index contributed by atoms with van der Waals surface area (Å²) in [5.74, 6) is 1.46. The molecule has 0 aromatic heterocycles. The summed E-state index contributed by atoms with van der Waals surface area (Å²) in [6.07, 6.45) is 1.21. The maximum atomic E-state index is 11.0. The first kappa shape index (κ1) is 17.3. The molecule has 0 aliphatic heterocycles. The first-order valence-corrected chi connectivity index (χ1v) is 8.78. The summed E-state index contributed by atoms with van der Waals surface area (Å²) in [7, 11) is -1.33. The second-order valence-electron chi connectivity index (χ2n) is 4.72. The Hall–Kier alpha value is -1.76. The van der Waals surface area contributed by atoms with Crippen LogP contribution in [0.25, 0.3) is 0 Å². The summed E-state index contributed by atoms with van der Waals surface area (Å²) < 4.78 is 27.6. The topological polar surface area (TPSA) is 79.8 Å². The fraction of sp³-hybridized carbons (Fsp3) is 0.500. The van der Waals surface area contributed by atoms with Crippen LogP contribution in [0.2, 0.25) is 0 Å². The fourth-order valence-corrected chi connectivity index (χ4v) is 2.02. The van der Waals surface area contributed by atoms with Gasteiger partial charge in [0.1, 0.15) is 22.2 Å². The van der Waals surface area contributed by atoms with Crippen molar-refractivity contribution in [2.45, 2.75) is 6.92 Å². The lowest BCUT2D eigenvalue weighted by Gasteiger charge is -2.12. The molecule has 0 saturated heterocycles. The summed E-state index contributed by atoms with van der Waals surface area (Å²) in [5.41, 5.74) is 1.19. The first-order valence-electron chi connectivity index (χ1n) is 6.72. The van der Waals surface area contributed by atoms with E-state index in [9.17, 15) is 8.42 Å². The molecular formula is C14H23N3O3S. The molecule has 2 N–H and O–H groups in total. The molecule has 0 unspecified atom stereocenters. The summed E-state index contributed by atoms with van der Waals surface area (Å²) in [6.45, 7) is 3.43. The summed E-state index contributed by atoms with van der Waals surface area (Å²) >= 11 is 0. The van der Waals surface area contributed by atoms with Crippen LogP contribution in [0.1, 0.15) is 5.56 Å². The van der Waals surface area contributed by atoms with E-state index in [4.69, 9.17) is 4.74 Å². The van der Waals surface area contributed by atoms with Crippen molar-refractivity contribution in [3.63, 3.8) is 0 Å². The van der Waals surface area contributed by atoms with Crippen LogP contribution in [-0.4, -0.2) is 53.1 Å². The lowest BCUT2D eigenvalue weighted by molar-refractivity contribution is 0.322. The van der Waals surface area contributed by atoms with Gasteiger partial charge in [0.2, 0.25) is 0 Å². The summed E-state index contributed by atoms with van der Waals surface area (Å²) in [4.78, 5) is 4.01. The van der Waals surface area contributed by atoms with E-state index in [-0.39, 0.29) is 5.75 Å². The number of aryl methyl sites for hydroxylation is 1. The van der Waals surface area contributed by atoms with E-state index in [1.807, 2.05) is 31.2 Å². The van der Waals surface area contributed by atoms with Gasteiger partial charge in [-0.05, 0) is 19.1 Å². The molecule has 0 bridgehead atoms. The molecule has 0 amide bonds. The van der Waals surface area contributed by atoms with Gasteiger partial charge in [-0.1, -0.05) is 17.7 Å². The Balaban J connectivity index is 2.22. The third-order valence-corrected chi connectivity index (χ3v) is 3.62. The molecule has 0 saturated carbocycles. The van der Waals surface area contributed by atoms with Crippen LogP contribution in [0.3, 0.4) is 0 Å². The average molecular weight is 313 g/mol. The predicted octanol–water partition coefficient (Wildman–Crippen LogP) is 0.583. The maximum Gasteiger partial charge on any atom is 0.191 e. The highest BCUT2D eigenvalue weighted by molar-refractivity contribution is 7.90. The molecule has 1 rings (SSSR count). The van der Waals surface area contributed by atoms with Gasteiger partial charge in [0, 0.05) is 19.8 Å². The molecule has 21 heavy (non-hydrogen) atoms. The Labute approximate surface area is 126 Å². The van der Waals surface area contributed by atoms with Gasteiger partial charge in [-0.15, -0.1) is 0 Å². The number of nitrogens with zero attached hydrogens (tertiary/aromatic N) is 1. The van der Waals surface area contributed by atoms with Crippen molar-refractivity contribution in [2.24, 2.45) is 4.99 Å². The number of hydrogen-bond donors (Lipinski definition) is 2. The molecule has 0 atom stereocenters. The molecule has 6 nitrogen and oxygen atoms in total. The zero-order chi connectivity index (χ0) is 15.7. The van der Waals surface area contributed by atoms with Crippen LogP contribution >= 0.6 is 0 Å². The van der Waals surface area contributed by atoms with Gasteiger partial charge >= 0.3 is 0 Å². The van der Waals surface area contributed by atoms with E-state index in [1.54, 1.807) is 7.05 Å². The van der Waals surface area contributed by atoms with Crippen LogP contribution < -0.4 is 15.4 Å². The van der Waals surface area contributed by atoms with Crippen LogP contribution in [0.15, 0.2) is 29.3 Å². The zero-order valence-corrected chi connectivity index (χ0v) is 13.5. The number of ether oxygens (including phenoxy) is 1. The van der Waals surface area contributed by atoms with Crippen molar-refractivity contribution in [2.75, 3.05) is 38.8 Å². The van der Waals surface area contributed by atoms with E-state index in [0.29, 0.717) is 25.7 Å². The molecule has 0 fully saturated rings. The standard InChI is InChI=1S/C14H23N3O3S/c1-12-4-6-13(7-5-12)20-10-8-16-14(15-2)17-9-11-21(3,18)19/h4-7H,8-11H2,1-3H3,(H2,15,16,17). The van der Waals surface area contributed by atoms with Gasteiger partial charge in [-0.2, -0.15) is 0 Å². The Bertz CT molecular complexity index is 553. The minimum Gasteiger partial charge on any atom is -0.492 e. The molecule has 7 heteroatoms. The van der Waals surface area contributed by atoms with Gasteiger partial charge in [0.05, 0.1) is 12.3 Å².